The van der Waals surface area contributed by atoms with Gasteiger partial charge in [0.05, 0.1) is 17.1 Å². The van der Waals surface area contributed by atoms with Crippen molar-refractivity contribution in [2.75, 3.05) is 19.8 Å². The predicted molar refractivity (Wildman–Crippen MR) is 74.0 cm³/mol. The maximum Gasteiger partial charge on any atom is 0.339 e. The number of ether oxygens (including phenoxy) is 2. The van der Waals surface area contributed by atoms with E-state index < -0.39 is 15.0 Å². The van der Waals surface area contributed by atoms with Gasteiger partial charge in [-0.05, 0) is 41.1 Å². The summed E-state index contributed by atoms with van der Waals surface area (Å²) in [5, 5.41) is 0. The number of hydrogen-bond donors (Lipinski definition) is 0. The SMILES string of the molecule is CCOCCOC(=O)c1cc(S(=O)(=O)Cl)ccc1Br. The molecule has 0 radical (unpaired) electrons. The molecule has 0 atom stereocenters. The summed E-state index contributed by atoms with van der Waals surface area (Å²) >= 11 is 3.15. The largest absolute Gasteiger partial charge is 0.460 e. The number of carbonyl (C=O) groups is 1. The van der Waals surface area contributed by atoms with Crippen molar-refractivity contribution in [3.05, 3.63) is 28.2 Å². The van der Waals surface area contributed by atoms with E-state index in [1.54, 1.807) is 0 Å². The van der Waals surface area contributed by atoms with E-state index in [4.69, 9.17) is 20.2 Å². The summed E-state index contributed by atoms with van der Waals surface area (Å²) in [6, 6.07) is 3.88. The molecule has 19 heavy (non-hydrogen) atoms. The normalized spacial score (nSPS) is 11.3. The van der Waals surface area contributed by atoms with Gasteiger partial charge in [-0.2, -0.15) is 0 Å². The Morgan fingerprint density at radius 2 is 2.05 bits per heavy atom. The van der Waals surface area contributed by atoms with Gasteiger partial charge in [-0.15, -0.1) is 0 Å². The number of halogens is 2. The Bertz CT molecular complexity index is 558. The Morgan fingerprint density at radius 1 is 1.37 bits per heavy atom. The molecule has 0 spiro atoms. The number of benzene rings is 1. The van der Waals surface area contributed by atoms with Crippen molar-refractivity contribution in [2.45, 2.75) is 11.8 Å². The maximum atomic E-state index is 11.8. The monoisotopic (exact) mass is 370 g/mol. The molecule has 1 aromatic rings. The number of esters is 1. The second-order valence-electron chi connectivity index (χ2n) is 3.41. The van der Waals surface area contributed by atoms with Crippen LogP contribution in [0.1, 0.15) is 17.3 Å². The lowest BCUT2D eigenvalue weighted by molar-refractivity contribution is 0.0334. The molecular formula is C11H12BrClO5S. The summed E-state index contributed by atoms with van der Waals surface area (Å²) in [6.07, 6.45) is 0. The van der Waals surface area contributed by atoms with E-state index in [1.807, 2.05) is 6.92 Å². The molecule has 106 valence electrons. The van der Waals surface area contributed by atoms with Gasteiger partial charge in [0.1, 0.15) is 6.61 Å². The lowest BCUT2D eigenvalue weighted by atomic mass is 10.2. The Kier molecular flexibility index (Phi) is 6.25. The molecule has 0 aliphatic carbocycles. The van der Waals surface area contributed by atoms with Gasteiger partial charge in [0.25, 0.3) is 9.05 Å². The fourth-order valence-corrected chi connectivity index (χ4v) is 2.41. The molecule has 0 N–H and O–H groups in total. The summed E-state index contributed by atoms with van der Waals surface area (Å²) in [6.45, 7) is 2.73. The molecule has 8 heteroatoms. The lowest BCUT2D eigenvalue weighted by Gasteiger charge is -2.07. The van der Waals surface area contributed by atoms with E-state index in [1.165, 1.54) is 12.1 Å². The summed E-state index contributed by atoms with van der Waals surface area (Å²) in [4.78, 5) is 11.6. The highest BCUT2D eigenvalue weighted by atomic mass is 79.9. The third kappa shape index (κ3) is 5.10. The van der Waals surface area contributed by atoms with Crippen molar-refractivity contribution in [3.63, 3.8) is 0 Å². The van der Waals surface area contributed by atoms with E-state index in [-0.39, 0.29) is 23.7 Å². The molecule has 0 aliphatic heterocycles. The van der Waals surface area contributed by atoms with Crippen LogP contribution in [0.3, 0.4) is 0 Å². The molecule has 0 saturated heterocycles. The number of rotatable bonds is 6. The van der Waals surface area contributed by atoms with Crippen molar-refractivity contribution >= 4 is 41.6 Å². The maximum absolute atomic E-state index is 11.8. The number of carbonyl (C=O) groups excluding carboxylic acids is 1. The van der Waals surface area contributed by atoms with Crippen LogP contribution < -0.4 is 0 Å². The van der Waals surface area contributed by atoms with Crippen LogP contribution >= 0.6 is 26.6 Å². The molecule has 1 aromatic carbocycles. The molecule has 1 rings (SSSR count). The molecule has 0 aromatic heterocycles. The smallest absolute Gasteiger partial charge is 0.339 e. The summed E-state index contributed by atoms with van der Waals surface area (Å²) in [5.74, 6) is -0.645. The predicted octanol–water partition coefficient (Wildman–Crippen LogP) is 2.57. The molecule has 0 saturated carbocycles. The third-order valence-corrected chi connectivity index (χ3v) is 4.15. The Hall–Kier alpha value is -0.630. The van der Waals surface area contributed by atoms with Crippen molar-refractivity contribution in [2.24, 2.45) is 0 Å². The van der Waals surface area contributed by atoms with Crippen molar-refractivity contribution < 1.29 is 22.7 Å². The average molecular weight is 372 g/mol. The van der Waals surface area contributed by atoms with Gasteiger partial charge in [0.15, 0.2) is 0 Å². The van der Waals surface area contributed by atoms with Crippen molar-refractivity contribution in [1.82, 2.24) is 0 Å². The topological polar surface area (TPSA) is 69.7 Å². The minimum atomic E-state index is -3.89. The van der Waals surface area contributed by atoms with Gasteiger partial charge in [-0.25, -0.2) is 13.2 Å². The fraction of sp³-hybridized carbons (Fsp3) is 0.364. The molecule has 0 bridgehead atoms. The van der Waals surface area contributed by atoms with E-state index >= 15 is 0 Å². The van der Waals surface area contributed by atoms with Crippen molar-refractivity contribution in [1.29, 1.82) is 0 Å². The van der Waals surface area contributed by atoms with Crippen LogP contribution in [0.2, 0.25) is 0 Å². The fourth-order valence-electron chi connectivity index (χ4n) is 1.23. The Balaban J connectivity index is 2.84. The highest BCUT2D eigenvalue weighted by Crippen LogP contribution is 2.23. The molecule has 0 heterocycles. The van der Waals surface area contributed by atoms with E-state index in [9.17, 15) is 13.2 Å². The summed E-state index contributed by atoms with van der Waals surface area (Å²) < 4.78 is 32.8. The van der Waals surface area contributed by atoms with Crippen LogP contribution in [0.25, 0.3) is 0 Å². The van der Waals surface area contributed by atoms with Crippen LogP contribution in [0, 0.1) is 0 Å². The van der Waals surface area contributed by atoms with Gasteiger partial charge in [0, 0.05) is 21.8 Å². The van der Waals surface area contributed by atoms with Gasteiger partial charge < -0.3 is 9.47 Å². The first-order chi connectivity index (χ1) is 8.86. The van der Waals surface area contributed by atoms with Crippen LogP contribution in [-0.4, -0.2) is 34.2 Å². The third-order valence-electron chi connectivity index (χ3n) is 2.10. The zero-order chi connectivity index (χ0) is 14.5. The van der Waals surface area contributed by atoms with Gasteiger partial charge >= 0.3 is 5.97 Å². The Labute approximate surface area is 124 Å². The highest BCUT2D eigenvalue weighted by molar-refractivity contribution is 9.10. The second kappa shape index (κ2) is 7.23. The highest BCUT2D eigenvalue weighted by Gasteiger charge is 2.17. The second-order valence-corrected chi connectivity index (χ2v) is 6.83. The average Bonchev–Trinajstić information content (AvgIpc) is 2.33. The first-order valence-electron chi connectivity index (χ1n) is 5.35. The lowest BCUT2D eigenvalue weighted by Crippen LogP contribution is -2.12. The zero-order valence-corrected chi connectivity index (χ0v) is 13.2. The zero-order valence-electron chi connectivity index (χ0n) is 10.1. The van der Waals surface area contributed by atoms with Gasteiger partial charge in [-0.3, -0.25) is 0 Å². The first kappa shape index (κ1) is 16.4. The summed E-state index contributed by atoms with van der Waals surface area (Å²) in [5.41, 5.74) is 0.0956. The molecule has 0 amide bonds. The molecule has 0 unspecified atom stereocenters. The molecule has 0 fully saturated rings. The molecule has 0 aliphatic rings. The van der Waals surface area contributed by atoms with Crippen LogP contribution in [0.4, 0.5) is 0 Å². The van der Waals surface area contributed by atoms with Crippen LogP contribution in [0.5, 0.6) is 0 Å². The number of hydrogen-bond acceptors (Lipinski definition) is 5. The first-order valence-corrected chi connectivity index (χ1v) is 8.45. The van der Waals surface area contributed by atoms with E-state index in [0.29, 0.717) is 11.1 Å². The van der Waals surface area contributed by atoms with E-state index in [2.05, 4.69) is 15.9 Å². The quantitative estimate of drug-likeness (QED) is 0.437. The minimum absolute atomic E-state index is 0.0942. The van der Waals surface area contributed by atoms with Crippen LogP contribution in [-0.2, 0) is 18.5 Å². The van der Waals surface area contributed by atoms with Gasteiger partial charge in [0.2, 0.25) is 0 Å². The molecular weight excluding hydrogens is 360 g/mol. The summed E-state index contributed by atoms with van der Waals surface area (Å²) in [7, 11) is 1.33. The Morgan fingerprint density at radius 3 is 2.63 bits per heavy atom. The van der Waals surface area contributed by atoms with Crippen molar-refractivity contribution in [3.8, 4) is 0 Å². The van der Waals surface area contributed by atoms with Gasteiger partial charge in [-0.1, -0.05) is 0 Å². The van der Waals surface area contributed by atoms with Crippen LogP contribution in [0.15, 0.2) is 27.6 Å². The molecule has 5 nitrogen and oxygen atoms in total. The standard InChI is InChI=1S/C11H12BrClO5S/c1-2-17-5-6-18-11(14)9-7-8(19(13,15)16)3-4-10(9)12/h3-4,7H,2,5-6H2,1H3. The van der Waals surface area contributed by atoms with E-state index in [0.717, 1.165) is 6.07 Å². The minimum Gasteiger partial charge on any atom is -0.460 e.